The first kappa shape index (κ1) is 20.6. The monoisotopic (exact) mass is 445 g/mol. The Morgan fingerprint density at radius 3 is 2.73 bits per heavy atom. The van der Waals surface area contributed by atoms with Crippen molar-refractivity contribution >= 4 is 16.9 Å². The van der Waals surface area contributed by atoms with Crippen LogP contribution >= 0.6 is 0 Å². The van der Waals surface area contributed by atoms with Crippen molar-refractivity contribution in [1.82, 2.24) is 24.7 Å². The van der Waals surface area contributed by atoms with E-state index in [1.54, 1.807) is 35.9 Å². The van der Waals surface area contributed by atoms with Gasteiger partial charge in [0.1, 0.15) is 5.82 Å². The number of nitrogens with zero attached hydrogens (tertiary/aromatic N) is 4. The molecule has 166 valence electrons. The second-order valence-corrected chi connectivity index (χ2v) is 7.65. The Labute approximate surface area is 188 Å². The topological polar surface area (TPSA) is 98.8 Å². The first-order valence-corrected chi connectivity index (χ1v) is 10.2. The van der Waals surface area contributed by atoms with Crippen molar-refractivity contribution in [1.29, 1.82) is 0 Å². The summed E-state index contributed by atoms with van der Waals surface area (Å²) in [5, 5.41) is 5.00. The molecule has 0 amide bonds. The van der Waals surface area contributed by atoms with Gasteiger partial charge in [-0.05, 0) is 24.3 Å². The van der Waals surface area contributed by atoms with Gasteiger partial charge in [0, 0.05) is 49.4 Å². The first-order valence-electron chi connectivity index (χ1n) is 10.2. The summed E-state index contributed by atoms with van der Waals surface area (Å²) in [6, 6.07) is 8.67. The number of aromatic amines is 1. The van der Waals surface area contributed by atoms with Crippen molar-refractivity contribution in [3.05, 3.63) is 77.6 Å². The van der Waals surface area contributed by atoms with Crippen LogP contribution in [0.1, 0.15) is 27.6 Å². The molecule has 5 aromatic rings. The van der Waals surface area contributed by atoms with Gasteiger partial charge in [0.15, 0.2) is 11.7 Å². The number of fused-ring (bicyclic) bond motifs is 1. The fourth-order valence-corrected chi connectivity index (χ4v) is 3.87. The Morgan fingerprint density at radius 2 is 2.03 bits per heavy atom. The number of oxazole rings is 1. The number of hydrogen-bond donors (Lipinski definition) is 1. The van der Waals surface area contributed by atoms with E-state index in [-0.39, 0.29) is 0 Å². The SMILES string of the molecule is COC(=O)c1cnc(Cc2ccn(C)n2)c2[nH]c(-c3cccc(-c4cnc(C)o4)c3F)cc12. The molecule has 0 fully saturated rings. The number of benzene rings is 1. The van der Waals surface area contributed by atoms with Gasteiger partial charge in [-0.2, -0.15) is 5.10 Å². The summed E-state index contributed by atoms with van der Waals surface area (Å²) < 4.78 is 27.7. The van der Waals surface area contributed by atoms with E-state index in [0.29, 0.717) is 57.1 Å². The zero-order valence-corrected chi connectivity index (χ0v) is 18.2. The molecule has 0 unspecified atom stereocenters. The molecule has 0 bridgehead atoms. The van der Waals surface area contributed by atoms with Crippen LogP contribution in [0.3, 0.4) is 0 Å². The lowest BCUT2D eigenvalue weighted by Gasteiger charge is -2.05. The molecule has 4 heterocycles. The molecule has 5 rings (SSSR count). The number of aryl methyl sites for hydroxylation is 2. The fraction of sp³-hybridized carbons (Fsp3) is 0.167. The minimum atomic E-state index is -0.520. The van der Waals surface area contributed by atoms with Gasteiger partial charge >= 0.3 is 5.97 Å². The highest BCUT2D eigenvalue weighted by Crippen LogP contribution is 2.34. The largest absolute Gasteiger partial charge is 0.465 e. The minimum Gasteiger partial charge on any atom is -0.465 e. The van der Waals surface area contributed by atoms with Gasteiger partial charge in [0.05, 0.1) is 41.3 Å². The molecule has 0 saturated carbocycles. The van der Waals surface area contributed by atoms with Crippen molar-refractivity contribution in [3.63, 3.8) is 0 Å². The molecule has 0 aliphatic heterocycles. The highest BCUT2D eigenvalue weighted by molar-refractivity contribution is 6.05. The van der Waals surface area contributed by atoms with E-state index in [2.05, 4.69) is 20.1 Å². The van der Waals surface area contributed by atoms with Crippen LogP contribution in [0.5, 0.6) is 0 Å². The lowest BCUT2D eigenvalue weighted by Crippen LogP contribution is -2.05. The van der Waals surface area contributed by atoms with E-state index in [9.17, 15) is 4.79 Å². The van der Waals surface area contributed by atoms with Crippen molar-refractivity contribution in [3.8, 4) is 22.6 Å². The zero-order valence-electron chi connectivity index (χ0n) is 18.2. The zero-order chi connectivity index (χ0) is 23.1. The van der Waals surface area contributed by atoms with Crippen LogP contribution in [0.2, 0.25) is 0 Å². The van der Waals surface area contributed by atoms with E-state index in [4.69, 9.17) is 9.15 Å². The number of H-pyrrole nitrogens is 1. The third-order valence-corrected chi connectivity index (χ3v) is 5.44. The van der Waals surface area contributed by atoms with E-state index in [0.717, 1.165) is 5.69 Å². The summed E-state index contributed by atoms with van der Waals surface area (Å²) >= 11 is 0. The lowest BCUT2D eigenvalue weighted by molar-refractivity contribution is 0.0602. The molecule has 0 atom stereocenters. The average Bonchev–Trinajstić information content (AvgIpc) is 3.54. The summed E-state index contributed by atoms with van der Waals surface area (Å²) in [6.07, 6.45) is 5.27. The van der Waals surface area contributed by atoms with Crippen LogP contribution < -0.4 is 0 Å². The highest BCUT2D eigenvalue weighted by Gasteiger charge is 2.21. The number of hydrogen-bond acceptors (Lipinski definition) is 6. The number of esters is 1. The summed E-state index contributed by atoms with van der Waals surface area (Å²) in [4.78, 5) is 24.2. The summed E-state index contributed by atoms with van der Waals surface area (Å²) in [6.45, 7) is 1.70. The number of ether oxygens (including phenoxy) is 1. The standard InChI is InChI=1S/C24H20FN5O3/c1-13-26-12-21(33-13)16-6-4-5-15(22(16)25)19-10-17-18(24(31)32-3)11-27-20(23(17)28-19)9-14-7-8-30(2)29-14/h4-8,10-12,28H,9H2,1-3H3. The number of nitrogens with one attached hydrogen (secondary N) is 1. The number of methoxy groups -OCH3 is 1. The predicted octanol–water partition coefficient (Wildman–Crippen LogP) is 4.44. The van der Waals surface area contributed by atoms with Crippen molar-refractivity contribution in [2.45, 2.75) is 13.3 Å². The van der Waals surface area contributed by atoms with Gasteiger partial charge in [0.2, 0.25) is 0 Å². The van der Waals surface area contributed by atoms with Gasteiger partial charge in [-0.3, -0.25) is 9.67 Å². The van der Waals surface area contributed by atoms with Crippen LogP contribution in [0, 0.1) is 12.7 Å². The van der Waals surface area contributed by atoms with Crippen molar-refractivity contribution in [2.75, 3.05) is 7.11 Å². The summed E-state index contributed by atoms with van der Waals surface area (Å²) in [5.74, 6) is -0.183. The maximum Gasteiger partial charge on any atom is 0.340 e. The van der Waals surface area contributed by atoms with Gasteiger partial charge in [-0.1, -0.05) is 6.07 Å². The van der Waals surface area contributed by atoms with Crippen LogP contribution in [0.4, 0.5) is 4.39 Å². The Kier molecular flexibility index (Phi) is 5.01. The smallest absolute Gasteiger partial charge is 0.340 e. The minimum absolute atomic E-state index is 0.294. The maximum atomic E-state index is 15.5. The Hall–Kier alpha value is -4.27. The molecule has 1 aromatic carbocycles. The highest BCUT2D eigenvalue weighted by atomic mass is 19.1. The van der Waals surface area contributed by atoms with Crippen molar-refractivity contribution in [2.24, 2.45) is 7.05 Å². The van der Waals surface area contributed by atoms with Crippen molar-refractivity contribution < 1.29 is 18.3 Å². The molecular formula is C24H20FN5O3. The average molecular weight is 445 g/mol. The third kappa shape index (κ3) is 3.67. The number of carbonyl (C=O) groups excluding carboxylic acids is 1. The summed E-state index contributed by atoms with van der Waals surface area (Å²) in [7, 11) is 3.15. The van der Waals surface area contributed by atoms with Crippen LogP contribution in [0.15, 0.2) is 53.3 Å². The number of aromatic nitrogens is 5. The van der Waals surface area contributed by atoms with Crippen LogP contribution in [-0.2, 0) is 18.2 Å². The Balaban J connectivity index is 1.67. The fourth-order valence-electron chi connectivity index (χ4n) is 3.87. The van der Waals surface area contributed by atoms with Crippen LogP contribution in [0.25, 0.3) is 33.5 Å². The number of rotatable bonds is 5. The second-order valence-electron chi connectivity index (χ2n) is 7.65. The predicted molar refractivity (Wildman–Crippen MR) is 119 cm³/mol. The quantitative estimate of drug-likeness (QED) is 0.402. The maximum absolute atomic E-state index is 15.5. The van der Waals surface area contributed by atoms with Gasteiger partial charge < -0.3 is 14.1 Å². The molecule has 0 radical (unpaired) electrons. The van der Waals surface area contributed by atoms with Gasteiger partial charge in [-0.25, -0.2) is 14.2 Å². The molecule has 0 aliphatic rings. The van der Waals surface area contributed by atoms with Gasteiger partial charge in [0.25, 0.3) is 0 Å². The van der Waals surface area contributed by atoms with E-state index in [1.807, 2.05) is 19.3 Å². The lowest BCUT2D eigenvalue weighted by atomic mass is 10.0. The first-order chi connectivity index (χ1) is 15.9. The number of pyridine rings is 1. The molecule has 8 nitrogen and oxygen atoms in total. The molecular weight excluding hydrogens is 425 g/mol. The summed E-state index contributed by atoms with van der Waals surface area (Å²) in [5.41, 5.74) is 3.55. The molecule has 0 saturated heterocycles. The second kappa shape index (κ2) is 8.01. The molecule has 33 heavy (non-hydrogen) atoms. The van der Waals surface area contributed by atoms with E-state index in [1.165, 1.54) is 19.5 Å². The third-order valence-electron chi connectivity index (χ3n) is 5.44. The number of carbonyl (C=O) groups is 1. The van der Waals surface area contributed by atoms with Crippen LogP contribution in [-0.4, -0.2) is 37.8 Å². The molecule has 1 N–H and O–H groups in total. The molecule has 4 aromatic heterocycles. The number of halogens is 1. The normalized spacial score (nSPS) is 11.3. The molecule has 9 heteroatoms. The Morgan fingerprint density at radius 1 is 1.21 bits per heavy atom. The Bertz CT molecular complexity index is 1500. The van der Waals surface area contributed by atoms with Gasteiger partial charge in [-0.15, -0.1) is 0 Å². The van der Waals surface area contributed by atoms with E-state index >= 15 is 4.39 Å². The van der Waals surface area contributed by atoms with E-state index < -0.39 is 11.8 Å². The molecule has 0 spiro atoms. The molecule has 0 aliphatic carbocycles.